The normalized spacial score (nSPS) is 17.7. The number of nitrogens with zero attached hydrogens (tertiary/aromatic N) is 2. The van der Waals surface area contributed by atoms with E-state index in [9.17, 15) is 8.78 Å². The van der Waals surface area contributed by atoms with Crippen LogP contribution >= 0.6 is 0 Å². The zero-order chi connectivity index (χ0) is 16.4. The summed E-state index contributed by atoms with van der Waals surface area (Å²) in [5, 5.41) is 1.57. The highest BCUT2D eigenvalue weighted by Gasteiger charge is 2.28. The Labute approximate surface area is 131 Å². The number of ether oxygens (including phenoxy) is 1. The molecule has 0 bridgehead atoms. The van der Waals surface area contributed by atoms with Crippen molar-refractivity contribution in [2.24, 2.45) is 5.73 Å². The molecule has 0 spiro atoms. The molecule has 1 aliphatic heterocycles. The van der Waals surface area contributed by atoms with Crippen molar-refractivity contribution in [2.75, 3.05) is 7.11 Å². The average Bonchev–Trinajstić information content (AvgIpc) is 2.91. The van der Waals surface area contributed by atoms with Crippen molar-refractivity contribution in [3.8, 4) is 5.88 Å². The summed E-state index contributed by atoms with van der Waals surface area (Å²) in [6.45, 7) is 0.241. The summed E-state index contributed by atoms with van der Waals surface area (Å²) in [4.78, 5) is 9.61. The van der Waals surface area contributed by atoms with E-state index in [2.05, 4.69) is 4.98 Å². The second-order valence-electron chi connectivity index (χ2n) is 5.06. The minimum atomic E-state index is -0.898. The molecule has 2 heterocycles. The van der Waals surface area contributed by atoms with Gasteiger partial charge in [0.25, 0.3) is 0 Å². The smallest absolute Gasteiger partial charge is 0.212 e. The average molecular weight is 319 g/mol. The number of hydrogen-bond acceptors (Lipinski definition) is 5. The second kappa shape index (κ2) is 6.21. The zero-order valence-corrected chi connectivity index (χ0v) is 12.4. The number of benzene rings is 1. The molecule has 1 aliphatic rings. The van der Waals surface area contributed by atoms with E-state index < -0.39 is 11.6 Å². The number of pyridine rings is 1. The van der Waals surface area contributed by atoms with Gasteiger partial charge in [-0.15, -0.1) is 5.06 Å². The monoisotopic (exact) mass is 319 g/mol. The molecule has 1 atom stereocenters. The van der Waals surface area contributed by atoms with Gasteiger partial charge in [0, 0.05) is 18.3 Å². The van der Waals surface area contributed by atoms with Gasteiger partial charge in [-0.3, -0.25) is 0 Å². The number of rotatable bonds is 4. The summed E-state index contributed by atoms with van der Waals surface area (Å²) >= 11 is 0. The molecule has 3 rings (SSSR count). The summed E-state index contributed by atoms with van der Waals surface area (Å²) in [5.41, 5.74) is 7.14. The van der Waals surface area contributed by atoms with Gasteiger partial charge in [-0.1, -0.05) is 12.1 Å². The molecule has 23 heavy (non-hydrogen) atoms. The summed E-state index contributed by atoms with van der Waals surface area (Å²) in [6, 6.07) is 7.01. The number of aromatic nitrogens is 1. The summed E-state index contributed by atoms with van der Waals surface area (Å²) in [6.07, 6.45) is 3.38. The largest absolute Gasteiger partial charge is 0.481 e. The maximum absolute atomic E-state index is 13.3. The van der Waals surface area contributed by atoms with Crippen molar-refractivity contribution in [1.29, 1.82) is 0 Å². The Morgan fingerprint density at radius 3 is 2.74 bits per heavy atom. The summed E-state index contributed by atoms with van der Waals surface area (Å²) in [5.74, 6) is -1.04. The van der Waals surface area contributed by atoms with E-state index in [0.29, 0.717) is 11.4 Å². The molecule has 0 fully saturated rings. The Kier molecular flexibility index (Phi) is 4.12. The van der Waals surface area contributed by atoms with E-state index >= 15 is 0 Å². The molecule has 0 radical (unpaired) electrons. The molecule has 2 N–H and O–H groups in total. The van der Waals surface area contributed by atoms with Gasteiger partial charge in [-0.05, 0) is 23.3 Å². The van der Waals surface area contributed by atoms with Gasteiger partial charge in [-0.2, -0.15) is 0 Å². The van der Waals surface area contributed by atoms with Gasteiger partial charge in [0.15, 0.2) is 11.6 Å². The van der Waals surface area contributed by atoms with Crippen LogP contribution in [-0.2, 0) is 11.4 Å². The van der Waals surface area contributed by atoms with Crippen molar-refractivity contribution >= 4 is 0 Å². The number of hydroxylamine groups is 2. The highest BCUT2D eigenvalue weighted by atomic mass is 19.2. The minimum absolute atomic E-state index is 0.241. The van der Waals surface area contributed by atoms with Crippen molar-refractivity contribution in [2.45, 2.75) is 12.6 Å². The first kappa shape index (κ1) is 15.2. The first-order chi connectivity index (χ1) is 11.1. The van der Waals surface area contributed by atoms with Crippen LogP contribution in [0.2, 0.25) is 0 Å². The molecule has 120 valence electrons. The van der Waals surface area contributed by atoms with E-state index in [4.69, 9.17) is 15.3 Å². The molecule has 2 aromatic rings. The van der Waals surface area contributed by atoms with Gasteiger partial charge in [0.2, 0.25) is 11.8 Å². The molecule has 0 saturated heterocycles. The Hall–Kier alpha value is -2.67. The number of methoxy groups -OCH3 is 1. The molecular weight excluding hydrogens is 304 g/mol. The lowest BCUT2D eigenvalue weighted by Crippen LogP contribution is -2.23. The standard InChI is InChI=1S/C16H15F2N3O2/c1-22-16-5-3-11(8-20-16)14-7-15(19)23-21(14)9-10-2-4-12(17)13(18)6-10/h2-8,14H,9,19H2,1H3. The number of halogens is 2. The lowest BCUT2D eigenvalue weighted by molar-refractivity contribution is -0.128. The summed E-state index contributed by atoms with van der Waals surface area (Å²) < 4.78 is 31.4. The van der Waals surface area contributed by atoms with Crippen molar-refractivity contribution < 1.29 is 18.4 Å². The molecule has 5 nitrogen and oxygen atoms in total. The summed E-state index contributed by atoms with van der Waals surface area (Å²) in [7, 11) is 1.54. The lowest BCUT2D eigenvalue weighted by atomic mass is 10.1. The SMILES string of the molecule is COc1ccc(C2C=C(N)ON2Cc2ccc(F)c(F)c2)cn1. The van der Waals surface area contributed by atoms with Crippen molar-refractivity contribution in [1.82, 2.24) is 10.0 Å². The molecule has 1 unspecified atom stereocenters. The van der Waals surface area contributed by atoms with E-state index in [0.717, 1.165) is 17.7 Å². The van der Waals surface area contributed by atoms with Crippen LogP contribution < -0.4 is 10.5 Å². The fourth-order valence-electron chi connectivity index (χ4n) is 2.36. The highest BCUT2D eigenvalue weighted by Crippen LogP contribution is 2.31. The zero-order valence-electron chi connectivity index (χ0n) is 12.4. The van der Waals surface area contributed by atoms with Crippen LogP contribution in [0.4, 0.5) is 8.78 Å². The maximum atomic E-state index is 13.3. The van der Waals surface area contributed by atoms with Crippen LogP contribution in [0, 0.1) is 11.6 Å². The van der Waals surface area contributed by atoms with Crippen molar-refractivity contribution in [3.63, 3.8) is 0 Å². The predicted octanol–water partition coefficient (Wildman–Crippen LogP) is 2.66. The van der Waals surface area contributed by atoms with Gasteiger partial charge in [0.1, 0.15) is 0 Å². The van der Waals surface area contributed by atoms with Crippen LogP contribution in [0.3, 0.4) is 0 Å². The first-order valence-corrected chi connectivity index (χ1v) is 6.92. The fraction of sp³-hybridized carbons (Fsp3) is 0.188. The van der Waals surface area contributed by atoms with Gasteiger partial charge >= 0.3 is 0 Å². The third-order valence-corrected chi connectivity index (χ3v) is 3.49. The fourth-order valence-corrected chi connectivity index (χ4v) is 2.36. The van der Waals surface area contributed by atoms with E-state index in [-0.39, 0.29) is 18.5 Å². The van der Waals surface area contributed by atoms with Gasteiger partial charge in [0.05, 0.1) is 19.7 Å². The van der Waals surface area contributed by atoms with Crippen LogP contribution in [0.15, 0.2) is 48.5 Å². The second-order valence-corrected chi connectivity index (χ2v) is 5.06. The minimum Gasteiger partial charge on any atom is -0.481 e. The molecule has 7 heteroatoms. The maximum Gasteiger partial charge on any atom is 0.212 e. The Morgan fingerprint density at radius 1 is 1.26 bits per heavy atom. The predicted molar refractivity (Wildman–Crippen MR) is 78.8 cm³/mol. The van der Waals surface area contributed by atoms with Crippen LogP contribution in [-0.4, -0.2) is 17.2 Å². The van der Waals surface area contributed by atoms with Gasteiger partial charge < -0.3 is 15.3 Å². The molecule has 1 aromatic heterocycles. The first-order valence-electron chi connectivity index (χ1n) is 6.92. The molecule has 1 aromatic carbocycles. The van der Waals surface area contributed by atoms with Crippen LogP contribution in [0.5, 0.6) is 5.88 Å². The number of hydrogen-bond donors (Lipinski definition) is 1. The number of nitrogens with two attached hydrogens (primary N) is 1. The van der Waals surface area contributed by atoms with Gasteiger partial charge in [-0.25, -0.2) is 13.8 Å². The van der Waals surface area contributed by atoms with Crippen LogP contribution in [0.25, 0.3) is 0 Å². The Bertz CT molecular complexity index is 735. The Balaban J connectivity index is 1.81. The third-order valence-electron chi connectivity index (χ3n) is 3.49. The third kappa shape index (κ3) is 3.24. The quantitative estimate of drug-likeness (QED) is 0.939. The lowest BCUT2D eigenvalue weighted by Gasteiger charge is -2.22. The highest BCUT2D eigenvalue weighted by molar-refractivity contribution is 5.26. The molecule has 0 aliphatic carbocycles. The topological polar surface area (TPSA) is 60.6 Å². The molecular formula is C16H15F2N3O2. The molecule has 0 amide bonds. The van der Waals surface area contributed by atoms with E-state index in [1.165, 1.54) is 13.2 Å². The van der Waals surface area contributed by atoms with E-state index in [1.807, 2.05) is 6.07 Å². The van der Waals surface area contributed by atoms with Crippen LogP contribution in [0.1, 0.15) is 17.2 Å². The van der Waals surface area contributed by atoms with Crippen molar-refractivity contribution in [3.05, 3.63) is 71.2 Å². The Morgan fingerprint density at radius 2 is 2.09 bits per heavy atom. The van der Waals surface area contributed by atoms with E-state index in [1.54, 1.807) is 23.4 Å². The molecule has 0 saturated carbocycles.